The van der Waals surface area contributed by atoms with Crippen LogP contribution in [0.4, 0.5) is 5.82 Å². The van der Waals surface area contributed by atoms with Gasteiger partial charge in [-0.2, -0.15) is 0 Å². The number of likely N-dealkylation sites (tertiary alicyclic amines) is 1. The number of nitrogens with one attached hydrogen (secondary N) is 1. The van der Waals surface area contributed by atoms with Gasteiger partial charge in [-0.3, -0.25) is 14.7 Å². The molecule has 1 amide bonds. The molecule has 4 heterocycles. The van der Waals surface area contributed by atoms with Crippen LogP contribution in [-0.4, -0.2) is 56.8 Å². The van der Waals surface area contributed by atoms with Crippen LogP contribution in [0.25, 0.3) is 0 Å². The molecule has 0 spiro atoms. The van der Waals surface area contributed by atoms with E-state index in [9.17, 15) is 4.79 Å². The number of piperidine rings is 1. The molecule has 2 aromatic rings. The summed E-state index contributed by atoms with van der Waals surface area (Å²) in [5, 5.41) is 3.77. The van der Waals surface area contributed by atoms with Gasteiger partial charge in [0, 0.05) is 37.1 Å². The minimum atomic E-state index is 0.211. The molecule has 8 rings (SSSR count). The molecule has 1 atom stereocenters. The fourth-order valence-corrected chi connectivity index (χ4v) is 8.71. The van der Waals surface area contributed by atoms with E-state index in [0.29, 0.717) is 13.1 Å². The van der Waals surface area contributed by atoms with Crippen LogP contribution in [-0.2, 0) is 17.8 Å². The zero-order chi connectivity index (χ0) is 24.8. The van der Waals surface area contributed by atoms with Gasteiger partial charge in [-0.1, -0.05) is 12.5 Å². The normalized spacial score (nSPS) is 32.8. The molecule has 2 aromatic heterocycles. The Morgan fingerprint density at radius 1 is 1.03 bits per heavy atom. The van der Waals surface area contributed by atoms with Gasteiger partial charge < -0.3 is 10.2 Å². The van der Waals surface area contributed by atoms with Gasteiger partial charge in [0.1, 0.15) is 12.1 Å². The average molecular weight is 501 g/mol. The number of fused-ring (bicyclic) bond motifs is 1. The van der Waals surface area contributed by atoms with E-state index in [0.717, 1.165) is 80.0 Å². The van der Waals surface area contributed by atoms with Gasteiger partial charge in [0.25, 0.3) is 0 Å². The van der Waals surface area contributed by atoms with Crippen molar-refractivity contribution in [3.63, 3.8) is 0 Å². The topological polar surface area (TPSA) is 74.2 Å². The first-order valence-electron chi connectivity index (χ1n) is 14.7. The molecule has 37 heavy (non-hydrogen) atoms. The first kappa shape index (κ1) is 23.6. The van der Waals surface area contributed by atoms with Crippen LogP contribution >= 0.6 is 0 Å². The smallest absolute Gasteiger partial charge is 0.237 e. The summed E-state index contributed by atoms with van der Waals surface area (Å²) >= 11 is 0. The summed E-state index contributed by atoms with van der Waals surface area (Å²) in [5.74, 6) is 5.89. The number of amides is 1. The Labute approximate surface area is 220 Å². The highest BCUT2D eigenvalue weighted by Gasteiger charge is 2.48. The number of nitrogens with zero attached hydrogens (tertiary/aromatic N) is 5. The van der Waals surface area contributed by atoms with Crippen molar-refractivity contribution in [3.8, 4) is 0 Å². The van der Waals surface area contributed by atoms with Gasteiger partial charge in [0.15, 0.2) is 0 Å². The van der Waals surface area contributed by atoms with E-state index < -0.39 is 0 Å². The standard InChI is InChI=1S/C30H40N6O/c37-29(18-35-8-2-1-5-28(35)22-4-3-7-31-15-22)36-9-6-25-27(17-36)33-19-34-30(25)32-16-26-23-11-20-10-21(13-23)14-24(26)12-20/h3-4,7,15,19-21,23-24,26,28H,1-2,5-6,8-14,16-18H2,(H,32,33,34). The first-order chi connectivity index (χ1) is 18.2. The Balaban J connectivity index is 0.992. The Morgan fingerprint density at radius 2 is 1.86 bits per heavy atom. The van der Waals surface area contributed by atoms with Gasteiger partial charge in [-0.25, -0.2) is 9.97 Å². The molecule has 196 valence electrons. The number of hydrogen-bond donors (Lipinski definition) is 1. The van der Waals surface area contributed by atoms with E-state index in [-0.39, 0.29) is 11.9 Å². The largest absolute Gasteiger partial charge is 0.369 e. The van der Waals surface area contributed by atoms with Crippen molar-refractivity contribution in [1.82, 2.24) is 24.8 Å². The van der Waals surface area contributed by atoms with E-state index in [1.165, 1.54) is 49.7 Å². The second-order valence-electron chi connectivity index (χ2n) is 12.5. The van der Waals surface area contributed by atoms with Gasteiger partial charge in [-0.05, 0) is 99.1 Å². The summed E-state index contributed by atoms with van der Waals surface area (Å²) in [6.45, 7) is 3.83. The molecule has 4 aliphatic carbocycles. The third-order valence-electron chi connectivity index (χ3n) is 10.3. The zero-order valence-electron chi connectivity index (χ0n) is 21.9. The summed E-state index contributed by atoms with van der Waals surface area (Å²) in [4.78, 5) is 31.4. The third kappa shape index (κ3) is 4.64. The van der Waals surface area contributed by atoms with Crippen LogP contribution in [0.3, 0.4) is 0 Å². The molecule has 1 saturated heterocycles. The summed E-state index contributed by atoms with van der Waals surface area (Å²) in [5.41, 5.74) is 3.47. The number of pyridine rings is 1. The van der Waals surface area contributed by atoms with Gasteiger partial charge in [-0.15, -0.1) is 0 Å². The van der Waals surface area contributed by atoms with Crippen molar-refractivity contribution in [2.75, 3.05) is 31.5 Å². The van der Waals surface area contributed by atoms with Crippen molar-refractivity contribution in [2.45, 2.75) is 70.4 Å². The van der Waals surface area contributed by atoms with Crippen LogP contribution < -0.4 is 5.32 Å². The van der Waals surface area contributed by atoms with Crippen molar-refractivity contribution in [3.05, 3.63) is 47.7 Å². The molecule has 1 unspecified atom stereocenters. The average Bonchev–Trinajstić information content (AvgIpc) is 2.93. The van der Waals surface area contributed by atoms with Crippen molar-refractivity contribution in [1.29, 1.82) is 0 Å². The minimum absolute atomic E-state index is 0.211. The summed E-state index contributed by atoms with van der Waals surface area (Å²) < 4.78 is 0. The molecule has 2 aliphatic heterocycles. The second-order valence-corrected chi connectivity index (χ2v) is 12.5. The second kappa shape index (κ2) is 9.97. The molecule has 7 nitrogen and oxygen atoms in total. The molecular weight excluding hydrogens is 460 g/mol. The van der Waals surface area contributed by atoms with Crippen LogP contribution in [0.5, 0.6) is 0 Å². The summed E-state index contributed by atoms with van der Waals surface area (Å²) in [6, 6.07) is 4.43. The lowest BCUT2D eigenvalue weighted by atomic mass is 9.52. The van der Waals surface area contributed by atoms with Gasteiger partial charge >= 0.3 is 0 Å². The number of rotatable bonds is 6. The van der Waals surface area contributed by atoms with E-state index in [2.05, 4.69) is 31.2 Å². The molecule has 0 aromatic carbocycles. The number of anilines is 1. The Bertz CT molecular complexity index is 1090. The third-order valence-corrected chi connectivity index (χ3v) is 10.3. The Morgan fingerprint density at radius 3 is 2.65 bits per heavy atom. The molecule has 5 fully saturated rings. The van der Waals surface area contributed by atoms with E-state index >= 15 is 0 Å². The molecule has 6 aliphatic rings. The highest BCUT2D eigenvalue weighted by Crippen LogP contribution is 2.56. The molecular formula is C30H40N6O. The quantitative estimate of drug-likeness (QED) is 0.631. The molecule has 4 bridgehead atoms. The predicted octanol–water partition coefficient (Wildman–Crippen LogP) is 4.47. The number of carbonyl (C=O) groups is 1. The molecule has 1 N–H and O–H groups in total. The number of carbonyl (C=O) groups excluding carboxylic acids is 1. The molecule has 0 radical (unpaired) electrons. The predicted molar refractivity (Wildman–Crippen MR) is 143 cm³/mol. The van der Waals surface area contributed by atoms with E-state index in [1.807, 2.05) is 23.4 Å². The molecule has 4 saturated carbocycles. The van der Waals surface area contributed by atoms with E-state index in [4.69, 9.17) is 0 Å². The SMILES string of the molecule is O=C(CN1CCCCC1c1cccnc1)N1CCc2c(ncnc2NCC2C3CC4CC(C3)CC2C4)C1. The maximum Gasteiger partial charge on any atom is 0.237 e. The zero-order valence-corrected chi connectivity index (χ0v) is 21.9. The van der Waals surface area contributed by atoms with Crippen LogP contribution in [0.2, 0.25) is 0 Å². The minimum Gasteiger partial charge on any atom is -0.369 e. The Kier molecular flexibility index (Phi) is 6.35. The van der Waals surface area contributed by atoms with Crippen LogP contribution in [0.15, 0.2) is 30.9 Å². The Hall–Kier alpha value is -2.54. The lowest BCUT2D eigenvalue weighted by Gasteiger charge is -2.54. The fourth-order valence-electron chi connectivity index (χ4n) is 8.71. The van der Waals surface area contributed by atoms with Gasteiger partial charge in [0.2, 0.25) is 5.91 Å². The summed E-state index contributed by atoms with van der Waals surface area (Å²) in [7, 11) is 0. The van der Waals surface area contributed by atoms with Crippen LogP contribution in [0, 0.1) is 29.6 Å². The number of aromatic nitrogens is 3. The maximum atomic E-state index is 13.4. The fraction of sp³-hybridized carbons (Fsp3) is 0.667. The number of hydrogen-bond acceptors (Lipinski definition) is 6. The van der Waals surface area contributed by atoms with Crippen molar-refractivity contribution < 1.29 is 4.79 Å². The van der Waals surface area contributed by atoms with Crippen LogP contribution in [0.1, 0.15) is 74.2 Å². The maximum absolute atomic E-state index is 13.4. The summed E-state index contributed by atoms with van der Waals surface area (Å²) in [6.07, 6.45) is 17.1. The monoisotopic (exact) mass is 500 g/mol. The lowest BCUT2D eigenvalue weighted by Crippen LogP contribution is -2.47. The van der Waals surface area contributed by atoms with Crippen molar-refractivity contribution in [2.24, 2.45) is 29.6 Å². The van der Waals surface area contributed by atoms with Gasteiger partial charge in [0.05, 0.1) is 18.8 Å². The van der Waals surface area contributed by atoms with Crippen molar-refractivity contribution >= 4 is 11.7 Å². The van der Waals surface area contributed by atoms with E-state index in [1.54, 1.807) is 6.33 Å². The molecule has 7 heteroatoms. The highest BCUT2D eigenvalue weighted by molar-refractivity contribution is 5.78. The lowest BCUT2D eigenvalue weighted by molar-refractivity contribution is -0.134. The highest BCUT2D eigenvalue weighted by atomic mass is 16.2. The first-order valence-corrected chi connectivity index (χ1v) is 14.7.